The Bertz CT molecular complexity index is 1200. The van der Waals surface area contributed by atoms with Gasteiger partial charge in [0, 0.05) is 32.3 Å². The van der Waals surface area contributed by atoms with Crippen LogP contribution in [0, 0.1) is 0 Å². The highest BCUT2D eigenvalue weighted by molar-refractivity contribution is 7.89. The molecule has 0 radical (unpaired) electrons. The van der Waals surface area contributed by atoms with Gasteiger partial charge in [-0.05, 0) is 43.2 Å². The standard InChI is InChI=1S/C22H27N5O4S/c1-31-19-10-9-17(32(29,30)26-13-5-2-3-6-14-26)16-18(19)22(28)23-12-11-21-25-24-20-8-4-7-15-27(20)21/h4,7-10,15-16H,2-3,5-6,11-14H2,1H3,(H,23,28). The van der Waals surface area contributed by atoms with Crippen molar-refractivity contribution in [2.24, 2.45) is 0 Å². The van der Waals surface area contributed by atoms with Crippen LogP contribution < -0.4 is 10.1 Å². The second kappa shape index (κ2) is 9.66. The van der Waals surface area contributed by atoms with Gasteiger partial charge in [0.1, 0.15) is 11.6 Å². The molecule has 1 aliphatic heterocycles. The number of nitrogens with one attached hydrogen (secondary N) is 1. The predicted molar refractivity (Wildman–Crippen MR) is 119 cm³/mol. The lowest BCUT2D eigenvalue weighted by atomic mass is 10.2. The number of benzene rings is 1. The number of nitrogens with zero attached hydrogens (tertiary/aromatic N) is 4. The summed E-state index contributed by atoms with van der Waals surface area (Å²) >= 11 is 0. The zero-order valence-electron chi connectivity index (χ0n) is 18.0. The van der Waals surface area contributed by atoms with Gasteiger partial charge in [0.25, 0.3) is 5.91 Å². The molecule has 4 rings (SSSR count). The summed E-state index contributed by atoms with van der Waals surface area (Å²) < 4.78 is 35.0. The van der Waals surface area contributed by atoms with Gasteiger partial charge in [-0.2, -0.15) is 4.31 Å². The Hall–Kier alpha value is -2.98. The first-order valence-electron chi connectivity index (χ1n) is 10.8. The summed E-state index contributed by atoms with van der Waals surface area (Å²) in [6.45, 7) is 1.32. The van der Waals surface area contributed by atoms with Crippen molar-refractivity contribution in [2.75, 3.05) is 26.7 Å². The van der Waals surface area contributed by atoms with E-state index in [-0.39, 0.29) is 10.5 Å². The third-order valence-corrected chi connectivity index (χ3v) is 7.53. The highest BCUT2D eigenvalue weighted by Crippen LogP contribution is 2.26. The van der Waals surface area contributed by atoms with Gasteiger partial charge >= 0.3 is 0 Å². The fourth-order valence-corrected chi connectivity index (χ4v) is 5.44. The summed E-state index contributed by atoms with van der Waals surface area (Å²) in [6, 6.07) is 10.1. The Balaban J connectivity index is 1.49. The predicted octanol–water partition coefficient (Wildman–Crippen LogP) is 2.28. The Kier molecular flexibility index (Phi) is 6.71. The zero-order valence-corrected chi connectivity index (χ0v) is 18.8. The lowest BCUT2D eigenvalue weighted by Crippen LogP contribution is -2.32. The maximum Gasteiger partial charge on any atom is 0.255 e. The molecule has 3 heterocycles. The average molecular weight is 458 g/mol. The van der Waals surface area contributed by atoms with Crippen LogP contribution >= 0.6 is 0 Å². The number of fused-ring (bicyclic) bond motifs is 1. The van der Waals surface area contributed by atoms with Crippen molar-refractivity contribution < 1.29 is 17.9 Å². The second-order valence-corrected chi connectivity index (χ2v) is 9.67. The van der Waals surface area contributed by atoms with Crippen LogP contribution in [0.4, 0.5) is 0 Å². The second-order valence-electron chi connectivity index (χ2n) is 7.73. The minimum Gasteiger partial charge on any atom is -0.496 e. The van der Waals surface area contributed by atoms with E-state index >= 15 is 0 Å². The minimum atomic E-state index is -3.67. The van der Waals surface area contributed by atoms with Crippen molar-refractivity contribution in [2.45, 2.75) is 37.0 Å². The van der Waals surface area contributed by atoms with Gasteiger partial charge in [-0.1, -0.05) is 18.9 Å². The summed E-state index contributed by atoms with van der Waals surface area (Å²) in [6.07, 6.45) is 6.10. The van der Waals surface area contributed by atoms with E-state index in [0.717, 1.165) is 37.2 Å². The Morgan fingerprint density at radius 1 is 1.09 bits per heavy atom. The number of aromatic nitrogens is 3. The first-order chi connectivity index (χ1) is 15.5. The van der Waals surface area contributed by atoms with E-state index in [0.29, 0.717) is 31.8 Å². The molecule has 0 aliphatic carbocycles. The molecule has 0 unspecified atom stereocenters. The van der Waals surface area contributed by atoms with Crippen LogP contribution in [0.2, 0.25) is 0 Å². The Morgan fingerprint density at radius 2 is 1.88 bits per heavy atom. The molecule has 10 heteroatoms. The lowest BCUT2D eigenvalue weighted by molar-refractivity contribution is 0.0950. The van der Waals surface area contributed by atoms with Crippen LogP contribution in [0.3, 0.4) is 0 Å². The third-order valence-electron chi connectivity index (χ3n) is 5.64. The van der Waals surface area contributed by atoms with Crippen molar-refractivity contribution in [3.8, 4) is 5.75 Å². The van der Waals surface area contributed by atoms with E-state index in [1.54, 1.807) is 0 Å². The van der Waals surface area contributed by atoms with Crippen molar-refractivity contribution >= 4 is 21.6 Å². The van der Waals surface area contributed by atoms with Gasteiger partial charge in [-0.25, -0.2) is 8.42 Å². The number of sulfonamides is 1. The molecule has 1 N–H and O–H groups in total. The van der Waals surface area contributed by atoms with Crippen LogP contribution in [0.5, 0.6) is 5.75 Å². The van der Waals surface area contributed by atoms with Crippen molar-refractivity contribution in [1.82, 2.24) is 24.2 Å². The summed E-state index contributed by atoms with van der Waals surface area (Å²) in [7, 11) is -2.21. The van der Waals surface area contributed by atoms with Crippen LogP contribution in [-0.4, -0.2) is 60.0 Å². The van der Waals surface area contributed by atoms with E-state index in [2.05, 4.69) is 15.5 Å². The summed E-state index contributed by atoms with van der Waals surface area (Å²) in [5.41, 5.74) is 0.927. The maximum absolute atomic E-state index is 13.1. The van der Waals surface area contributed by atoms with Crippen molar-refractivity contribution in [1.29, 1.82) is 0 Å². The quantitative estimate of drug-likeness (QED) is 0.583. The number of pyridine rings is 1. The monoisotopic (exact) mass is 457 g/mol. The summed E-state index contributed by atoms with van der Waals surface area (Å²) in [5.74, 6) is 0.652. The first-order valence-corrected chi connectivity index (χ1v) is 12.2. The smallest absolute Gasteiger partial charge is 0.255 e. The molecule has 0 spiro atoms. The molecule has 0 bridgehead atoms. The number of amides is 1. The van der Waals surface area contributed by atoms with Crippen LogP contribution in [0.1, 0.15) is 41.9 Å². The van der Waals surface area contributed by atoms with Crippen molar-refractivity contribution in [3.05, 3.63) is 54.0 Å². The number of methoxy groups -OCH3 is 1. The molecule has 1 aromatic carbocycles. The average Bonchev–Trinajstić information content (AvgIpc) is 3.02. The molecule has 1 amide bonds. The van der Waals surface area contributed by atoms with Crippen LogP contribution in [0.25, 0.3) is 5.65 Å². The highest BCUT2D eigenvalue weighted by atomic mass is 32.2. The van der Waals surface area contributed by atoms with E-state index in [1.807, 2.05) is 28.8 Å². The van der Waals surface area contributed by atoms with Gasteiger partial charge in [-0.15, -0.1) is 10.2 Å². The van der Waals surface area contributed by atoms with Crippen molar-refractivity contribution in [3.63, 3.8) is 0 Å². The molecule has 9 nitrogen and oxygen atoms in total. The number of rotatable bonds is 7. The number of ether oxygens (including phenoxy) is 1. The molecule has 1 saturated heterocycles. The third kappa shape index (κ3) is 4.61. The number of carbonyl (C=O) groups is 1. The zero-order chi connectivity index (χ0) is 22.6. The topological polar surface area (TPSA) is 106 Å². The molecular weight excluding hydrogens is 430 g/mol. The Morgan fingerprint density at radius 3 is 2.62 bits per heavy atom. The molecule has 32 heavy (non-hydrogen) atoms. The number of hydrogen-bond acceptors (Lipinski definition) is 6. The fourth-order valence-electron chi connectivity index (χ4n) is 3.90. The van der Waals surface area contributed by atoms with E-state index < -0.39 is 15.9 Å². The van der Waals surface area contributed by atoms with Crippen LogP contribution in [0.15, 0.2) is 47.5 Å². The van der Waals surface area contributed by atoms with Gasteiger partial charge in [0.2, 0.25) is 10.0 Å². The van der Waals surface area contributed by atoms with E-state index in [4.69, 9.17) is 4.74 Å². The molecule has 2 aromatic heterocycles. The number of hydrogen-bond donors (Lipinski definition) is 1. The van der Waals surface area contributed by atoms with Gasteiger partial charge in [0.15, 0.2) is 5.65 Å². The van der Waals surface area contributed by atoms with Crippen LogP contribution in [-0.2, 0) is 16.4 Å². The molecule has 0 atom stereocenters. The number of carbonyl (C=O) groups excluding carboxylic acids is 1. The lowest BCUT2D eigenvalue weighted by Gasteiger charge is -2.20. The molecular formula is C22H27N5O4S. The molecule has 0 saturated carbocycles. The highest BCUT2D eigenvalue weighted by Gasteiger charge is 2.27. The molecule has 1 fully saturated rings. The molecule has 3 aromatic rings. The SMILES string of the molecule is COc1ccc(S(=O)(=O)N2CCCCCC2)cc1C(=O)NCCc1nnc2ccccn12. The summed E-state index contributed by atoms with van der Waals surface area (Å²) in [5, 5.41) is 11.1. The summed E-state index contributed by atoms with van der Waals surface area (Å²) in [4.78, 5) is 13.0. The van der Waals surface area contributed by atoms with Gasteiger partial charge in [-0.3, -0.25) is 9.20 Å². The van der Waals surface area contributed by atoms with E-state index in [9.17, 15) is 13.2 Å². The van der Waals surface area contributed by atoms with Gasteiger partial charge in [0.05, 0.1) is 17.6 Å². The Labute approximate surface area is 187 Å². The molecule has 170 valence electrons. The fraction of sp³-hybridized carbons (Fsp3) is 0.409. The normalized spacial score (nSPS) is 15.4. The van der Waals surface area contributed by atoms with Gasteiger partial charge < -0.3 is 10.1 Å². The first kappa shape index (κ1) is 22.2. The maximum atomic E-state index is 13.1. The van der Waals surface area contributed by atoms with E-state index in [1.165, 1.54) is 29.6 Å². The minimum absolute atomic E-state index is 0.105. The largest absolute Gasteiger partial charge is 0.496 e. The molecule has 1 aliphatic rings.